The van der Waals surface area contributed by atoms with Crippen LogP contribution in [0.2, 0.25) is 0 Å². The van der Waals surface area contributed by atoms with Crippen LogP contribution < -0.4 is 10.1 Å². The molecule has 1 saturated heterocycles. The number of hydrogen-bond donors (Lipinski definition) is 2. The SMILES string of the molecule is CC1CCCC(C)N1C(=O)COc1ccc(C(=O)NC2(C(=O)O)CCC2)cc1. The Morgan fingerprint density at radius 2 is 1.71 bits per heavy atom. The Morgan fingerprint density at radius 3 is 2.21 bits per heavy atom. The summed E-state index contributed by atoms with van der Waals surface area (Å²) in [6.45, 7) is 4.09. The fraction of sp³-hybridized carbons (Fsp3) is 0.571. The standard InChI is InChI=1S/C21H28N2O5/c1-14-5-3-6-15(2)23(14)18(24)13-28-17-9-7-16(8-10-17)19(25)22-21(20(26)27)11-4-12-21/h7-10,14-15H,3-6,11-13H2,1-2H3,(H,22,25)(H,26,27). The number of aliphatic carboxylic acids is 1. The molecule has 1 aliphatic carbocycles. The van der Waals surface area contributed by atoms with Crippen molar-refractivity contribution in [1.29, 1.82) is 0 Å². The summed E-state index contributed by atoms with van der Waals surface area (Å²) in [5.74, 6) is -0.943. The van der Waals surface area contributed by atoms with Gasteiger partial charge in [0.15, 0.2) is 6.61 Å². The number of carboxylic acids is 1. The van der Waals surface area contributed by atoms with Gasteiger partial charge in [-0.3, -0.25) is 9.59 Å². The lowest BCUT2D eigenvalue weighted by atomic mass is 9.76. The summed E-state index contributed by atoms with van der Waals surface area (Å²) >= 11 is 0. The summed E-state index contributed by atoms with van der Waals surface area (Å²) in [5, 5.41) is 11.9. The van der Waals surface area contributed by atoms with E-state index in [-0.39, 0.29) is 24.6 Å². The molecule has 28 heavy (non-hydrogen) atoms. The Hall–Kier alpha value is -2.57. The van der Waals surface area contributed by atoms with Crippen molar-refractivity contribution in [3.63, 3.8) is 0 Å². The number of nitrogens with zero attached hydrogens (tertiary/aromatic N) is 1. The van der Waals surface area contributed by atoms with Crippen LogP contribution in [-0.4, -0.2) is 52.0 Å². The number of carbonyl (C=O) groups is 3. The quantitative estimate of drug-likeness (QED) is 0.781. The summed E-state index contributed by atoms with van der Waals surface area (Å²) in [5.41, 5.74) is -0.773. The van der Waals surface area contributed by atoms with Crippen molar-refractivity contribution in [2.75, 3.05) is 6.61 Å². The number of benzene rings is 1. The molecule has 3 rings (SSSR count). The van der Waals surface area contributed by atoms with Crippen LogP contribution in [-0.2, 0) is 9.59 Å². The number of ether oxygens (including phenoxy) is 1. The average Bonchev–Trinajstić information content (AvgIpc) is 2.62. The van der Waals surface area contributed by atoms with Gasteiger partial charge in [-0.1, -0.05) is 0 Å². The maximum atomic E-state index is 12.5. The van der Waals surface area contributed by atoms with Crippen molar-refractivity contribution in [2.45, 2.75) is 70.0 Å². The Labute approximate surface area is 165 Å². The van der Waals surface area contributed by atoms with Crippen molar-refractivity contribution >= 4 is 17.8 Å². The first-order valence-electron chi connectivity index (χ1n) is 9.92. The summed E-state index contributed by atoms with van der Waals surface area (Å²) in [4.78, 5) is 38.1. The lowest BCUT2D eigenvalue weighted by Crippen LogP contribution is -2.59. The van der Waals surface area contributed by atoms with Crippen molar-refractivity contribution < 1.29 is 24.2 Å². The average molecular weight is 388 g/mol. The Morgan fingerprint density at radius 1 is 1.11 bits per heavy atom. The van der Waals surface area contributed by atoms with Crippen molar-refractivity contribution in [3.05, 3.63) is 29.8 Å². The predicted molar refractivity (Wildman–Crippen MR) is 103 cm³/mol. The van der Waals surface area contributed by atoms with Gasteiger partial charge in [0.25, 0.3) is 11.8 Å². The van der Waals surface area contributed by atoms with Gasteiger partial charge in [-0.25, -0.2) is 4.79 Å². The minimum absolute atomic E-state index is 0.0325. The smallest absolute Gasteiger partial charge is 0.329 e. The van der Waals surface area contributed by atoms with Gasteiger partial charge in [0.2, 0.25) is 0 Å². The number of carbonyl (C=O) groups excluding carboxylic acids is 2. The van der Waals surface area contributed by atoms with E-state index in [1.807, 2.05) is 4.90 Å². The molecule has 0 aromatic heterocycles. The van der Waals surface area contributed by atoms with Gasteiger partial charge in [0, 0.05) is 17.6 Å². The van der Waals surface area contributed by atoms with Gasteiger partial charge < -0.3 is 20.1 Å². The van der Waals surface area contributed by atoms with E-state index in [1.54, 1.807) is 24.3 Å². The summed E-state index contributed by atoms with van der Waals surface area (Å²) in [6, 6.07) is 6.85. The number of likely N-dealkylation sites (tertiary alicyclic amines) is 1. The van der Waals surface area contributed by atoms with Crippen LogP contribution in [0.25, 0.3) is 0 Å². The molecule has 0 radical (unpaired) electrons. The minimum atomic E-state index is -1.14. The van der Waals surface area contributed by atoms with E-state index in [4.69, 9.17) is 4.74 Å². The second-order valence-corrected chi connectivity index (χ2v) is 7.94. The van der Waals surface area contributed by atoms with Gasteiger partial charge in [-0.2, -0.15) is 0 Å². The molecule has 2 unspecified atom stereocenters. The third-order valence-electron chi connectivity index (χ3n) is 5.93. The lowest BCUT2D eigenvalue weighted by Gasteiger charge is -2.39. The van der Waals surface area contributed by atoms with E-state index < -0.39 is 17.4 Å². The normalized spacial score (nSPS) is 23.4. The molecule has 1 heterocycles. The maximum Gasteiger partial charge on any atom is 0.329 e. The van der Waals surface area contributed by atoms with Crippen LogP contribution in [0.1, 0.15) is 62.7 Å². The second kappa shape index (κ2) is 8.20. The van der Waals surface area contributed by atoms with E-state index in [9.17, 15) is 19.5 Å². The first-order valence-corrected chi connectivity index (χ1v) is 9.92. The zero-order valence-electron chi connectivity index (χ0n) is 16.4. The third kappa shape index (κ3) is 4.13. The largest absolute Gasteiger partial charge is 0.484 e. The highest BCUT2D eigenvalue weighted by molar-refractivity contribution is 5.98. The van der Waals surface area contributed by atoms with E-state index in [2.05, 4.69) is 19.2 Å². The third-order valence-corrected chi connectivity index (χ3v) is 5.93. The molecule has 1 aromatic carbocycles. The molecule has 152 valence electrons. The molecule has 2 fully saturated rings. The molecular formula is C21H28N2O5. The number of piperidine rings is 1. The summed E-state index contributed by atoms with van der Waals surface area (Å²) in [6.07, 6.45) is 4.85. The molecule has 7 nitrogen and oxygen atoms in total. The minimum Gasteiger partial charge on any atom is -0.484 e. The Balaban J connectivity index is 1.55. The molecule has 2 N–H and O–H groups in total. The van der Waals surface area contributed by atoms with Crippen molar-refractivity contribution in [2.24, 2.45) is 0 Å². The Kier molecular flexibility index (Phi) is 5.91. The van der Waals surface area contributed by atoms with Gasteiger partial charge in [-0.15, -0.1) is 0 Å². The molecule has 2 atom stereocenters. The molecule has 1 aliphatic heterocycles. The summed E-state index contributed by atoms with van der Waals surface area (Å²) < 4.78 is 5.61. The van der Waals surface area contributed by atoms with Crippen molar-refractivity contribution in [1.82, 2.24) is 10.2 Å². The number of carboxylic acid groups (broad SMARTS) is 1. The molecule has 2 amide bonds. The number of amides is 2. The van der Waals surface area contributed by atoms with Gasteiger partial charge in [0.1, 0.15) is 11.3 Å². The Bertz CT molecular complexity index is 732. The lowest BCUT2D eigenvalue weighted by molar-refractivity contribution is -0.148. The van der Waals surface area contributed by atoms with Gasteiger partial charge >= 0.3 is 5.97 Å². The zero-order valence-corrected chi connectivity index (χ0v) is 16.4. The number of hydrogen-bond acceptors (Lipinski definition) is 4. The van der Waals surface area contributed by atoms with Crippen LogP contribution in [0.5, 0.6) is 5.75 Å². The highest BCUT2D eigenvalue weighted by atomic mass is 16.5. The fourth-order valence-corrected chi connectivity index (χ4v) is 4.05. The predicted octanol–water partition coefficient (Wildman–Crippen LogP) is 2.59. The highest BCUT2D eigenvalue weighted by Gasteiger charge is 2.45. The number of nitrogens with one attached hydrogen (secondary N) is 1. The van der Waals surface area contributed by atoms with E-state index in [1.165, 1.54) is 0 Å². The molecule has 1 aromatic rings. The van der Waals surface area contributed by atoms with Crippen LogP contribution in [0, 0.1) is 0 Å². The molecular weight excluding hydrogens is 360 g/mol. The summed E-state index contributed by atoms with van der Waals surface area (Å²) in [7, 11) is 0. The maximum absolute atomic E-state index is 12.5. The number of rotatable bonds is 6. The van der Waals surface area contributed by atoms with Crippen LogP contribution in [0.3, 0.4) is 0 Å². The van der Waals surface area contributed by atoms with Crippen LogP contribution in [0.15, 0.2) is 24.3 Å². The fourth-order valence-electron chi connectivity index (χ4n) is 4.05. The molecule has 1 saturated carbocycles. The molecule has 2 aliphatic rings. The topological polar surface area (TPSA) is 95.9 Å². The van der Waals surface area contributed by atoms with Crippen LogP contribution >= 0.6 is 0 Å². The van der Waals surface area contributed by atoms with E-state index >= 15 is 0 Å². The second-order valence-electron chi connectivity index (χ2n) is 7.94. The molecule has 0 bridgehead atoms. The van der Waals surface area contributed by atoms with Gasteiger partial charge in [0.05, 0.1) is 0 Å². The zero-order chi connectivity index (χ0) is 20.3. The van der Waals surface area contributed by atoms with E-state index in [0.29, 0.717) is 24.2 Å². The highest BCUT2D eigenvalue weighted by Crippen LogP contribution is 2.32. The first kappa shape index (κ1) is 20.2. The van der Waals surface area contributed by atoms with E-state index in [0.717, 1.165) is 25.7 Å². The van der Waals surface area contributed by atoms with Gasteiger partial charge in [-0.05, 0) is 76.6 Å². The molecule has 0 spiro atoms. The monoisotopic (exact) mass is 388 g/mol. The molecule has 7 heteroatoms. The van der Waals surface area contributed by atoms with Crippen LogP contribution in [0.4, 0.5) is 0 Å². The van der Waals surface area contributed by atoms with Crippen molar-refractivity contribution in [3.8, 4) is 5.75 Å². The first-order chi connectivity index (χ1) is 13.3.